The number of carbonyl (C=O) groups is 1. The van der Waals surface area contributed by atoms with Crippen LogP contribution in [0.3, 0.4) is 0 Å². The topological polar surface area (TPSA) is 78.9 Å². The lowest BCUT2D eigenvalue weighted by atomic mass is 10.1. The summed E-state index contributed by atoms with van der Waals surface area (Å²) in [6.07, 6.45) is 0. The van der Waals surface area contributed by atoms with E-state index >= 15 is 0 Å². The van der Waals surface area contributed by atoms with Gasteiger partial charge in [-0.1, -0.05) is 6.07 Å². The van der Waals surface area contributed by atoms with Crippen LogP contribution in [0, 0.1) is 0 Å². The summed E-state index contributed by atoms with van der Waals surface area (Å²) in [5, 5.41) is 2.82. The van der Waals surface area contributed by atoms with E-state index in [1.807, 2.05) is 30.3 Å². The van der Waals surface area contributed by atoms with Crippen LogP contribution in [0.25, 0.3) is 11.3 Å². The number of nitrogens with zero attached hydrogens (tertiary/aromatic N) is 1. The number of amides is 1. The fourth-order valence-electron chi connectivity index (χ4n) is 2.83. The Morgan fingerprint density at radius 3 is 2.03 bits per heavy atom. The number of carbonyl (C=O) groups excluding carboxylic acids is 1. The molecule has 150 valence electrons. The SMILES string of the molecule is COc1ccc(-c2cccc(C(=O)Nc3cc(OC)c(OC)c(OC)c3)n2)cc1. The maximum Gasteiger partial charge on any atom is 0.274 e. The van der Waals surface area contributed by atoms with Gasteiger partial charge in [0.05, 0.1) is 34.1 Å². The molecule has 1 heterocycles. The van der Waals surface area contributed by atoms with Gasteiger partial charge in [0.1, 0.15) is 11.4 Å². The molecule has 0 bridgehead atoms. The second-order valence-electron chi connectivity index (χ2n) is 6.00. The van der Waals surface area contributed by atoms with Crippen LogP contribution < -0.4 is 24.3 Å². The van der Waals surface area contributed by atoms with Gasteiger partial charge in [-0.25, -0.2) is 4.98 Å². The molecule has 0 aliphatic carbocycles. The highest BCUT2D eigenvalue weighted by Gasteiger charge is 2.16. The number of nitrogens with one attached hydrogen (secondary N) is 1. The molecule has 0 radical (unpaired) electrons. The Hall–Kier alpha value is -3.74. The first-order valence-corrected chi connectivity index (χ1v) is 8.82. The molecule has 0 unspecified atom stereocenters. The molecule has 3 aromatic rings. The van der Waals surface area contributed by atoms with E-state index < -0.39 is 0 Å². The summed E-state index contributed by atoms with van der Waals surface area (Å²) in [4.78, 5) is 17.2. The minimum atomic E-state index is -0.352. The van der Waals surface area contributed by atoms with Gasteiger partial charge in [-0.15, -0.1) is 0 Å². The summed E-state index contributed by atoms with van der Waals surface area (Å²) in [7, 11) is 6.17. The van der Waals surface area contributed by atoms with Crippen LogP contribution in [-0.2, 0) is 0 Å². The molecular formula is C22H22N2O5. The average Bonchev–Trinajstić information content (AvgIpc) is 2.78. The summed E-state index contributed by atoms with van der Waals surface area (Å²) in [5.41, 5.74) is 2.35. The van der Waals surface area contributed by atoms with E-state index in [2.05, 4.69) is 10.3 Å². The van der Waals surface area contributed by atoms with Crippen LogP contribution >= 0.6 is 0 Å². The van der Waals surface area contributed by atoms with Gasteiger partial charge < -0.3 is 24.3 Å². The molecule has 0 atom stereocenters. The van der Waals surface area contributed by atoms with Crippen LogP contribution in [0.15, 0.2) is 54.6 Å². The molecule has 0 aliphatic heterocycles. The largest absolute Gasteiger partial charge is 0.497 e. The Bertz CT molecular complexity index is 977. The van der Waals surface area contributed by atoms with Gasteiger partial charge >= 0.3 is 0 Å². The van der Waals surface area contributed by atoms with Gasteiger partial charge in [0.2, 0.25) is 5.75 Å². The molecule has 0 saturated carbocycles. The quantitative estimate of drug-likeness (QED) is 0.652. The summed E-state index contributed by atoms with van der Waals surface area (Å²) in [6, 6.07) is 16.1. The highest BCUT2D eigenvalue weighted by Crippen LogP contribution is 2.40. The molecule has 1 amide bonds. The van der Waals surface area contributed by atoms with Crippen molar-refractivity contribution >= 4 is 11.6 Å². The summed E-state index contributed by atoms with van der Waals surface area (Å²) >= 11 is 0. The zero-order chi connectivity index (χ0) is 20.8. The Balaban J connectivity index is 1.86. The lowest BCUT2D eigenvalue weighted by Gasteiger charge is -2.14. The number of aromatic nitrogens is 1. The second kappa shape index (κ2) is 8.97. The van der Waals surface area contributed by atoms with Gasteiger partial charge in [0, 0.05) is 23.4 Å². The molecule has 7 heteroatoms. The number of hydrogen-bond donors (Lipinski definition) is 1. The van der Waals surface area contributed by atoms with Crippen LogP contribution in [-0.4, -0.2) is 39.3 Å². The molecular weight excluding hydrogens is 372 g/mol. The standard InChI is InChI=1S/C22H22N2O5/c1-26-16-10-8-14(9-11-16)17-6-5-7-18(24-17)22(25)23-15-12-19(27-2)21(29-4)20(13-15)28-3/h5-13H,1-4H3,(H,23,25). The first kappa shape index (κ1) is 20.0. The molecule has 0 spiro atoms. The van der Waals surface area contributed by atoms with Gasteiger partial charge in [-0.05, 0) is 36.4 Å². The third-order valence-electron chi connectivity index (χ3n) is 4.29. The number of anilines is 1. The summed E-state index contributed by atoms with van der Waals surface area (Å²) < 4.78 is 21.1. The van der Waals surface area contributed by atoms with Crippen LogP contribution in [0.1, 0.15) is 10.5 Å². The highest BCUT2D eigenvalue weighted by atomic mass is 16.5. The molecule has 0 fully saturated rings. The van der Waals surface area contributed by atoms with Crippen LogP contribution in [0.2, 0.25) is 0 Å². The molecule has 1 N–H and O–H groups in total. The van der Waals surface area contributed by atoms with Crippen molar-refractivity contribution in [1.82, 2.24) is 4.98 Å². The zero-order valence-corrected chi connectivity index (χ0v) is 16.7. The monoisotopic (exact) mass is 394 g/mol. The Morgan fingerprint density at radius 1 is 0.828 bits per heavy atom. The Morgan fingerprint density at radius 2 is 1.48 bits per heavy atom. The van der Waals surface area contributed by atoms with E-state index in [1.54, 1.807) is 31.4 Å². The fraction of sp³-hybridized carbons (Fsp3) is 0.182. The number of pyridine rings is 1. The molecule has 7 nitrogen and oxygen atoms in total. The number of ether oxygens (including phenoxy) is 4. The van der Waals surface area contributed by atoms with Crippen molar-refractivity contribution in [1.29, 1.82) is 0 Å². The van der Waals surface area contributed by atoms with E-state index in [9.17, 15) is 4.79 Å². The van der Waals surface area contributed by atoms with Crippen molar-refractivity contribution in [3.8, 4) is 34.3 Å². The minimum absolute atomic E-state index is 0.284. The van der Waals surface area contributed by atoms with Gasteiger partial charge in [0.25, 0.3) is 5.91 Å². The number of hydrogen-bond acceptors (Lipinski definition) is 6. The van der Waals surface area contributed by atoms with Gasteiger partial charge in [-0.3, -0.25) is 4.79 Å². The lowest BCUT2D eigenvalue weighted by Crippen LogP contribution is -2.14. The van der Waals surface area contributed by atoms with Gasteiger partial charge in [0.15, 0.2) is 11.5 Å². The van der Waals surface area contributed by atoms with Crippen LogP contribution in [0.5, 0.6) is 23.0 Å². The molecule has 2 aromatic carbocycles. The maximum atomic E-state index is 12.7. The third kappa shape index (κ3) is 4.40. The Kier molecular flexibility index (Phi) is 6.19. The maximum absolute atomic E-state index is 12.7. The van der Waals surface area contributed by atoms with Crippen molar-refractivity contribution in [2.45, 2.75) is 0 Å². The van der Waals surface area contributed by atoms with E-state index in [1.165, 1.54) is 21.3 Å². The third-order valence-corrected chi connectivity index (χ3v) is 4.29. The van der Waals surface area contributed by atoms with Crippen molar-refractivity contribution in [3.05, 3.63) is 60.3 Å². The summed E-state index contributed by atoms with van der Waals surface area (Å²) in [5.74, 6) is 1.75. The summed E-state index contributed by atoms with van der Waals surface area (Å²) in [6.45, 7) is 0. The normalized spacial score (nSPS) is 10.2. The predicted molar refractivity (Wildman–Crippen MR) is 110 cm³/mol. The van der Waals surface area contributed by atoms with E-state index in [4.69, 9.17) is 18.9 Å². The first-order chi connectivity index (χ1) is 14.1. The second-order valence-corrected chi connectivity index (χ2v) is 6.00. The smallest absolute Gasteiger partial charge is 0.274 e. The minimum Gasteiger partial charge on any atom is -0.497 e. The van der Waals surface area contributed by atoms with E-state index in [0.717, 1.165) is 11.3 Å². The van der Waals surface area contributed by atoms with Crippen molar-refractivity contribution in [2.75, 3.05) is 33.8 Å². The molecule has 0 saturated heterocycles. The van der Waals surface area contributed by atoms with E-state index in [0.29, 0.717) is 28.6 Å². The molecule has 1 aromatic heterocycles. The fourth-order valence-corrected chi connectivity index (χ4v) is 2.83. The first-order valence-electron chi connectivity index (χ1n) is 8.82. The average molecular weight is 394 g/mol. The van der Waals surface area contributed by atoms with Crippen molar-refractivity contribution < 1.29 is 23.7 Å². The van der Waals surface area contributed by atoms with E-state index in [-0.39, 0.29) is 11.6 Å². The van der Waals surface area contributed by atoms with Crippen molar-refractivity contribution in [3.63, 3.8) is 0 Å². The zero-order valence-electron chi connectivity index (χ0n) is 16.7. The number of rotatable bonds is 7. The molecule has 29 heavy (non-hydrogen) atoms. The van der Waals surface area contributed by atoms with Crippen LogP contribution in [0.4, 0.5) is 5.69 Å². The lowest BCUT2D eigenvalue weighted by molar-refractivity contribution is 0.102. The van der Waals surface area contributed by atoms with Crippen molar-refractivity contribution in [2.24, 2.45) is 0 Å². The number of methoxy groups -OCH3 is 4. The Labute approximate surface area is 169 Å². The predicted octanol–water partition coefficient (Wildman–Crippen LogP) is 4.04. The number of benzene rings is 2. The molecule has 3 rings (SSSR count). The highest BCUT2D eigenvalue weighted by molar-refractivity contribution is 6.03. The molecule has 0 aliphatic rings. The van der Waals surface area contributed by atoms with Gasteiger partial charge in [-0.2, -0.15) is 0 Å².